The molecule has 14 heteroatoms. The van der Waals surface area contributed by atoms with E-state index in [0.717, 1.165) is 0 Å². The molecule has 1 saturated carbocycles. The second kappa shape index (κ2) is 11.5. The highest BCUT2D eigenvalue weighted by Crippen LogP contribution is 2.53. The third-order valence-corrected chi connectivity index (χ3v) is 9.53. The smallest absolute Gasteiger partial charge is 0.416 e. The molecule has 4 rings (SSSR count). The van der Waals surface area contributed by atoms with Crippen LogP contribution in [0.3, 0.4) is 0 Å². The van der Waals surface area contributed by atoms with E-state index in [9.17, 15) is 41.0 Å². The molecular formula is C30H33Cl2F6N3O3. The van der Waals surface area contributed by atoms with Crippen molar-refractivity contribution in [3.63, 3.8) is 0 Å². The Balaban J connectivity index is 1.76. The van der Waals surface area contributed by atoms with E-state index < -0.39 is 64.6 Å². The number of alkyl halides is 6. The molecule has 2 aliphatic rings. The number of likely N-dealkylation sites (tertiary alicyclic amines) is 1. The van der Waals surface area contributed by atoms with Crippen molar-refractivity contribution >= 4 is 35.3 Å². The number of likely N-dealkylation sites (N-methyl/N-ethyl adjacent to an activating group) is 1. The lowest BCUT2D eigenvalue weighted by molar-refractivity contribution is -0.143. The van der Waals surface area contributed by atoms with Crippen molar-refractivity contribution in [3.05, 3.63) is 68.7 Å². The monoisotopic (exact) mass is 667 g/mol. The third-order valence-electron chi connectivity index (χ3n) is 8.79. The molecule has 2 aromatic carbocycles. The van der Waals surface area contributed by atoms with Gasteiger partial charge in [-0.2, -0.15) is 26.3 Å². The number of hydrogen-bond acceptors (Lipinski definition) is 2. The van der Waals surface area contributed by atoms with Crippen LogP contribution in [0.1, 0.15) is 68.2 Å². The summed E-state index contributed by atoms with van der Waals surface area (Å²) in [5, 5.41) is 10.6. The minimum Gasteiger partial charge on any atom is -0.465 e. The van der Waals surface area contributed by atoms with Crippen molar-refractivity contribution in [2.75, 3.05) is 20.6 Å². The zero-order valence-electron chi connectivity index (χ0n) is 24.7. The summed E-state index contributed by atoms with van der Waals surface area (Å²) in [6, 6.07) is 4.46. The fourth-order valence-electron chi connectivity index (χ4n) is 6.50. The molecule has 1 saturated heterocycles. The molecule has 0 bridgehead atoms. The average molecular weight is 669 g/mol. The van der Waals surface area contributed by atoms with E-state index in [0.29, 0.717) is 17.7 Å². The molecule has 1 aliphatic heterocycles. The highest BCUT2D eigenvalue weighted by Gasteiger charge is 2.54. The van der Waals surface area contributed by atoms with Gasteiger partial charge >= 0.3 is 24.5 Å². The normalized spacial score (nSPS) is 22.0. The van der Waals surface area contributed by atoms with Crippen LogP contribution >= 0.6 is 23.2 Å². The van der Waals surface area contributed by atoms with Gasteiger partial charge in [-0.1, -0.05) is 50.0 Å². The molecule has 1 heterocycles. The Morgan fingerprint density at radius 1 is 0.909 bits per heavy atom. The Kier molecular flexibility index (Phi) is 8.89. The molecular weight excluding hydrogens is 635 g/mol. The molecule has 1 aliphatic carbocycles. The molecule has 44 heavy (non-hydrogen) atoms. The van der Waals surface area contributed by atoms with Crippen molar-refractivity contribution in [2.24, 2.45) is 5.41 Å². The van der Waals surface area contributed by atoms with Crippen molar-refractivity contribution in [1.82, 2.24) is 14.7 Å². The summed E-state index contributed by atoms with van der Waals surface area (Å²) in [6.45, 7) is 5.72. The zero-order valence-corrected chi connectivity index (χ0v) is 26.2. The molecule has 242 valence electrons. The minimum absolute atomic E-state index is 0.0677. The molecule has 1 unspecified atom stereocenters. The minimum atomic E-state index is -5.03. The molecule has 2 fully saturated rings. The average Bonchev–Trinajstić information content (AvgIpc) is 3.73. The van der Waals surface area contributed by atoms with Gasteiger partial charge in [-0.25, -0.2) is 9.59 Å². The fraction of sp³-hybridized carbons (Fsp3) is 0.533. The van der Waals surface area contributed by atoms with E-state index in [1.165, 1.54) is 28.8 Å². The van der Waals surface area contributed by atoms with Crippen LogP contribution in [-0.2, 0) is 17.9 Å². The maximum absolute atomic E-state index is 14.1. The number of carboxylic acid groups (broad SMARTS) is 1. The number of urea groups is 1. The highest BCUT2D eigenvalue weighted by molar-refractivity contribution is 6.42. The van der Waals surface area contributed by atoms with Crippen LogP contribution in [-0.4, -0.2) is 64.7 Å². The predicted octanol–water partition coefficient (Wildman–Crippen LogP) is 8.95. The van der Waals surface area contributed by atoms with Gasteiger partial charge in [0.05, 0.1) is 26.7 Å². The van der Waals surface area contributed by atoms with Gasteiger partial charge in [-0.3, -0.25) is 0 Å². The molecule has 0 spiro atoms. The van der Waals surface area contributed by atoms with Crippen LogP contribution in [0.5, 0.6) is 0 Å². The van der Waals surface area contributed by atoms with E-state index >= 15 is 0 Å². The lowest BCUT2D eigenvalue weighted by Gasteiger charge is -2.52. The SMILES string of the molecule is CN(C(=O)N(C)C1(c2cc(C(F)(F)F)cc(C(F)(F)F)c2)CC1)[C@@H]1CCN(C(=O)O)C(C(C)(C)C)[C@@H]1c1ccc(Cl)c(Cl)c1. The van der Waals surface area contributed by atoms with Crippen molar-refractivity contribution in [2.45, 2.75) is 75.9 Å². The fourth-order valence-corrected chi connectivity index (χ4v) is 6.80. The Bertz CT molecular complexity index is 1410. The highest BCUT2D eigenvalue weighted by atomic mass is 35.5. The van der Waals surface area contributed by atoms with Crippen molar-refractivity contribution < 1.29 is 41.0 Å². The largest absolute Gasteiger partial charge is 0.465 e. The first-order chi connectivity index (χ1) is 20.1. The summed E-state index contributed by atoms with van der Waals surface area (Å²) < 4.78 is 81.8. The number of carbonyl (C=O) groups is 2. The van der Waals surface area contributed by atoms with Gasteiger partial charge in [0.25, 0.3) is 0 Å². The standard InChI is InChI=1S/C30H33Cl2F6N3O3/c1-27(2,3)24-23(16-6-7-20(31)21(32)12-16)22(8-11-41(24)26(43)44)39(4)25(42)40(5)28(9-10-28)17-13-18(29(33,34)35)15-19(14-17)30(36,37)38/h6-7,12-15,22-24H,8-11H2,1-5H3,(H,43,44)/t22-,23-,24?/m1/s1. The molecule has 0 aromatic heterocycles. The summed E-state index contributed by atoms with van der Waals surface area (Å²) in [5.74, 6) is -0.600. The molecule has 3 atom stereocenters. The lowest BCUT2D eigenvalue weighted by Crippen LogP contribution is -2.62. The quantitative estimate of drug-likeness (QED) is 0.331. The van der Waals surface area contributed by atoms with Gasteiger partial charge in [-0.15, -0.1) is 0 Å². The van der Waals surface area contributed by atoms with Crippen LogP contribution in [0.2, 0.25) is 10.0 Å². The first kappa shape index (κ1) is 34.0. The number of halogens is 8. The maximum Gasteiger partial charge on any atom is 0.416 e. The summed E-state index contributed by atoms with van der Waals surface area (Å²) in [4.78, 5) is 30.4. The van der Waals surface area contributed by atoms with E-state index in [1.54, 1.807) is 18.2 Å². The Hall–Kier alpha value is -2.86. The van der Waals surface area contributed by atoms with E-state index in [2.05, 4.69) is 0 Å². The number of hydrogen-bond donors (Lipinski definition) is 1. The summed E-state index contributed by atoms with van der Waals surface area (Å²) in [5.41, 5.74) is -4.51. The zero-order chi connectivity index (χ0) is 33.2. The van der Waals surface area contributed by atoms with Gasteiger partial charge in [0, 0.05) is 38.6 Å². The van der Waals surface area contributed by atoms with Gasteiger partial charge < -0.3 is 19.8 Å². The Morgan fingerprint density at radius 2 is 1.45 bits per heavy atom. The topological polar surface area (TPSA) is 64.1 Å². The number of piperidine rings is 1. The van der Waals surface area contributed by atoms with Crippen LogP contribution in [0, 0.1) is 5.41 Å². The molecule has 0 radical (unpaired) electrons. The van der Waals surface area contributed by atoms with Gasteiger partial charge in [0.2, 0.25) is 0 Å². The summed E-state index contributed by atoms with van der Waals surface area (Å²) in [6.07, 6.45) is -10.6. The number of benzene rings is 2. The van der Waals surface area contributed by atoms with Gasteiger partial charge in [0.15, 0.2) is 0 Å². The third kappa shape index (κ3) is 6.42. The number of carbonyl (C=O) groups excluding carboxylic acids is 1. The maximum atomic E-state index is 14.1. The van der Waals surface area contributed by atoms with Crippen molar-refractivity contribution in [3.8, 4) is 0 Å². The molecule has 3 amide bonds. The molecule has 1 N–H and O–H groups in total. The Morgan fingerprint density at radius 3 is 1.89 bits per heavy atom. The van der Waals surface area contributed by atoms with Crippen LogP contribution in [0.15, 0.2) is 36.4 Å². The van der Waals surface area contributed by atoms with Crippen molar-refractivity contribution in [1.29, 1.82) is 0 Å². The first-order valence-corrected chi connectivity index (χ1v) is 14.6. The number of nitrogens with zero attached hydrogens (tertiary/aromatic N) is 3. The number of amides is 3. The number of rotatable bonds is 4. The van der Waals surface area contributed by atoms with Gasteiger partial charge in [-0.05, 0) is 66.1 Å². The van der Waals surface area contributed by atoms with Crippen LogP contribution in [0.4, 0.5) is 35.9 Å². The lowest BCUT2D eigenvalue weighted by atomic mass is 9.69. The second-order valence-electron chi connectivity index (χ2n) is 12.6. The van der Waals surface area contributed by atoms with Crippen LogP contribution in [0.25, 0.3) is 0 Å². The second-order valence-corrected chi connectivity index (χ2v) is 13.4. The summed E-state index contributed by atoms with van der Waals surface area (Å²) in [7, 11) is 2.87. The molecule has 6 nitrogen and oxygen atoms in total. The van der Waals surface area contributed by atoms with E-state index in [-0.39, 0.29) is 47.5 Å². The first-order valence-electron chi connectivity index (χ1n) is 13.8. The van der Waals surface area contributed by atoms with Gasteiger partial charge in [0.1, 0.15) is 0 Å². The van der Waals surface area contributed by atoms with E-state index in [1.807, 2.05) is 20.8 Å². The predicted molar refractivity (Wildman–Crippen MR) is 154 cm³/mol. The van der Waals surface area contributed by atoms with Crippen LogP contribution < -0.4 is 0 Å². The summed E-state index contributed by atoms with van der Waals surface area (Å²) >= 11 is 12.5. The van der Waals surface area contributed by atoms with E-state index in [4.69, 9.17) is 23.2 Å². The molecule has 2 aromatic rings. The Labute approximate surface area is 261 Å².